The van der Waals surface area contributed by atoms with Gasteiger partial charge in [-0.25, -0.2) is 4.39 Å². The van der Waals surface area contributed by atoms with Gasteiger partial charge in [0.15, 0.2) is 11.9 Å². The number of nitro benzene ring substituents is 1. The Morgan fingerprint density at radius 2 is 2.17 bits per heavy atom. The number of benzene rings is 1. The van der Waals surface area contributed by atoms with E-state index in [1.54, 1.807) is 0 Å². The molecule has 0 aromatic heterocycles. The first-order valence-corrected chi connectivity index (χ1v) is 5.33. The quantitative estimate of drug-likeness (QED) is 0.604. The van der Waals surface area contributed by atoms with Gasteiger partial charge >= 0.3 is 5.69 Å². The van der Waals surface area contributed by atoms with Gasteiger partial charge in [0.1, 0.15) is 11.9 Å². The molecule has 1 heterocycles. The normalized spacial score (nSPS) is 23.0. The number of nitro groups is 1. The van der Waals surface area contributed by atoms with Crippen LogP contribution in [0.4, 0.5) is 10.1 Å². The summed E-state index contributed by atoms with van der Waals surface area (Å²) in [6, 6.07) is 3.08. The van der Waals surface area contributed by atoms with Gasteiger partial charge in [0.2, 0.25) is 0 Å². The van der Waals surface area contributed by atoms with E-state index in [1.165, 1.54) is 7.11 Å². The van der Waals surface area contributed by atoms with E-state index in [0.717, 1.165) is 18.2 Å². The molecular formula is C11H12FNO5. The molecule has 1 aromatic rings. The monoisotopic (exact) mass is 257 g/mol. The molecule has 6 nitrogen and oxygen atoms in total. The molecule has 2 atom stereocenters. The highest BCUT2D eigenvalue weighted by atomic mass is 19.1. The molecule has 98 valence electrons. The van der Waals surface area contributed by atoms with Crippen molar-refractivity contribution in [1.82, 2.24) is 0 Å². The van der Waals surface area contributed by atoms with Crippen LogP contribution in [-0.2, 0) is 9.47 Å². The number of methoxy groups -OCH3 is 1. The maximum absolute atomic E-state index is 13.1. The van der Waals surface area contributed by atoms with Crippen molar-refractivity contribution in [2.24, 2.45) is 0 Å². The molecular weight excluding hydrogens is 245 g/mol. The molecule has 0 radical (unpaired) electrons. The molecule has 2 rings (SSSR count). The third-order valence-electron chi connectivity index (χ3n) is 2.68. The van der Waals surface area contributed by atoms with Crippen molar-refractivity contribution in [3.05, 3.63) is 34.1 Å². The third kappa shape index (κ3) is 2.57. The summed E-state index contributed by atoms with van der Waals surface area (Å²) >= 11 is 0. The van der Waals surface area contributed by atoms with Gasteiger partial charge in [-0.2, -0.15) is 0 Å². The molecule has 0 saturated carbocycles. The second-order valence-corrected chi connectivity index (χ2v) is 3.84. The average molecular weight is 257 g/mol. The van der Waals surface area contributed by atoms with E-state index in [-0.39, 0.29) is 24.1 Å². The van der Waals surface area contributed by atoms with Gasteiger partial charge < -0.3 is 14.2 Å². The molecule has 0 amide bonds. The molecule has 18 heavy (non-hydrogen) atoms. The molecule has 0 aliphatic carbocycles. The van der Waals surface area contributed by atoms with E-state index in [1.807, 2.05) is 0 Å². The fraction of sp³-hybridized carbons (Fsp3) is 0.455. The zero-order valence-electron chi connectivity index (χ0n) is 9.67. The van der Waals surface area contributed by atoms with E-state index in [2.05, 4.69) is 0 Å². The van der Waals surface area contributed by atoms with Crippen molar-refractivity contribution in [3.63, 3.8) is 0 Å². The van der Waals surface area contributed by atoms with Crippen molar-refractivity contribution in [2.45, 2.75) is 12.2 Å². The Kier molecular flexibility index (Phi) is 3.73. The van der Waals surface area contributed by atoms with Crippen LogP contribution in [0.2, 0.25) is 0 Å². The SMILES string of the molecule is CO[C@@H]1COC[C@@H]1Oc1cc(F)ccc1[N+](=O)[O-]. The van der Waals surface area contributed by atoms with Crippen molar-refractivity contribution in [2.75, 3.05) is 20.3 Å². The second-order valence-electron chi connectivity index (χ2n) is 3.84. The number of ether oxygens (including phenoxy) is 3. The lowest BCUT2D eigenvalue weighted by Gasteiger charge is -2.17. The zero-order chi connectivity index (χ0) is 13.1. The van der Waals surface area contributed by atoms with E-state index < -0.39 is 16.8 Å². The first kappa shape index (κ1) is 12.7. The van der Waals surface area contributed by atoms with Crippen molar-refractivity contribution in [1.29, 1.82) is 0 Å². The summed E-state index contributed by atoms with van der Waals surface area (Å²) in [6.07, 6.45) is -0.789. The highest BCUT2D eigenvalue weighted by Gasteiger charge is 2.32. The molecule has 0 bridgehead atoms. The van der Waals surface area contributed by atoms with Gasteiger partial charge in [-0.05, 0) is 6.07 Å². The van der Waals surface area contributed by atoms with Crippen LogP contribution in [-0.4, -0.2) is 37.5 Å². The summed E-state index contributed by atoms with van der Waals surface area (Å²) in [6.45, 7) is 0.608. The van der Waals surface area contributed by atoms with Gasteiger partial charge in [0, 0.05) is 19.2 Å². The Morgan fingerprint density at radius 3 is 2.83 bits per heavy atom. The summed E-state index contributed by atoms with van der Waals surface area (Å²) in [4.78, 5) is 10.2. The van der Waals surface area contributed by atoms with Crippen molar-refractivity contribution >= 4 is 5.69 Å². The number of nitrogens with zero attached hydrogens (tertiary/aromatic N) is 1. The molecule has 0 N–H and O–H groups in total. The zero-order valence-corrected chi connectivity index (χ0v) is 9.67. The predicted octanol–water partition coefficient (Wildman–Crippen LogP) is 1.53. The molecule has 1 aromatic carbocycles. The van der Waals surface area contributed by atoms with Crippen molar-refractivity contribution in [3.8, 4) is 5.75 Å². The maximum Gasteiger partial charge on any atom is 0.311 e. The lowest BCUT2D eigenvalue weighted by Crippen LogP contribution is -2.31. The van der Waals surface area contributed by atoms with Gasteiger partial charge in [0.25, 0.3) is 0 Å². The maximum atomic E-state index is 13.1. The Hall–Kier alpha value is -1.73. The first-order valence-electron chi connectivity index (χ1n) is 5.33. The summed E-state index contributed by atoms with van der Waals surface area (Å²) in [5.41, 5.74) is -0.279. The highest BCUT2D eigenvalue weighted by Crippen LogP contribution is 2.30. The van der Waals surface area contributed by atoms with Crippen LogP contribution in [0, 0.1) is 15.9 Å². The molecule has 1 saturated heterocycles. The van der Waals surface area contributed by atoms with Crippen molar-refractivity contribution < 1.29 is 23.5 Å². The fourth-order valence-corrected chi connectivity index (χ4v) is 1.74. The predicted molar refractivity (Wildman–Crippen MR) is 59.1 cm³/mol. The molecule has 0 unspecified atom stereocenters. The smallest absolute Gasteiger partial charge is 0.311 e. The van der Waals surface area contributed by atoms with Gasteiger partial charge in [-0.3, -0.25) is 10.1 Å². The van der Waals surface area contributed by atoms with E-state index in [0.29, 0.717) is 6.61 Å². The summed E-state index contributed by atoms with van der Waals surface area (Å²) in [7, 11) is 1.50. The van der Waals surface area contributed by atoms with Gasteiger partial charge in [-0.15, -0.1) is 0 Å². The minimum absolute atomic E-state index is 0.113. The Labute approximate surface area is 102 Å². The minimum Gasteiger partial charge on any atom is -0.478 e. The average Bonchev–Trinajstić information content (AvgIpc) is 2.76. The number of hydrogen-bond donors (Lipinski definition) is 0. The lowest BCUT2D eigenvalue weighted by molar-refractivity contribution is -0.386. The van der Waals surface area contributed by atoms with Gasteiger partial charge in [-0.1, -0.05) is 0 Å². The van der Waals surface area contributed by atoms with Crippen LogP contribution in [0.1, 0.15) is 0 Å². The van der Waals surface area contributed by atoms with Crippen LogP contribution in [0.3, 0.4) is 0 Å². The van der Waals surface area contributed by atoms with E-state index in [9.17, 15) is 14.5 Å². The standard InChI is InChI=1S/C11H12FNO5/c1-16-10-5-17-6-11(10)18-9-4-7(12)2-3-8(9)13(14)15/h2-4,10-11H,5-6H2,1H3/t10-,11+/m1/s1. The largest absolute Gasteiger partial charge is 0.478 e. The lowest BCUT2D eigenvalue weighted by atomic mass is 10.2. The third-order valence-corrected chi connectivity index (χ3v) is 2.68. The molecule has 0 spiro atoms. The number of rotatable bonds is 4. The minimum atomic E-state index is -0.619. The van der Waals surface area contributed by atoms with Crippen LogP contribution >= 0.6 is 0 Å². The molecule has 1 aliphatic heterocycles. The van der Waals surface area contributed by atoms with Crippen LogP contribution in [0.5, 0.6) is 5.75 Å². The van der Waals surface area contributed by atoms with Crippen LogP contribution in [0.15, 0.2) is 18.2 Å². The summed E-state index contributed by atoms with van der Waals surface area (Å²) < 4.78 is 28.8. The van der Waals surface area contributed by atoms with Gasteiger partial charge in [0.05, 0.1) is 18.1 Å². The number of halogens is 1. The van der Waals surface area contributed by atoms with E-state index >= 15 is 0 Å². The van der Waals surface area contributed by atoms with E-state index in [4.69, 9.17) is 14.2 Å². The molecule has 1 aliphatic rings. The van der Waals surface area contributed by atoms with Crippen LogP contribution < -0.4 is 4.74 Å². The number of hydrogen-bond acceptors (Lipinski definition) is 5. The van der Waals surface area contributed by atoms with Crippen LogP contribution in [0.25, 0.3) is 0 Å². The second kappa shape index (κ2) is 5.28. The topological polar surface area (TPSA) is 70.8 Å². The molecule has 1 fully saturated rings. The summed E-state index contributed by atoms with van der Waals surface area (Å²) in [5.74, 6) is -0.707. The summed E-state index contributed by atoms with van der Waals surface area (Å²) in [5, 5.41) is 10.8. The first-order chi connectivity index (χ1) is 8.61. The Balaban J connectivity index is 2.22. The molecule has 7 heteroatoms. The highest BCUT2D eigenvalue weighted by molar-refractivity contribution is 5.46. The fourth-order valence-electron chi connectivity index (χ4n) is 1.74. The Bertz CT molecular complexity index is 453. The Morgan fingerprint density at radius 1 is 1.44 bits per heavy atom.